The van der Waals surface area contributed by atoms with E-state index in [-0.39, 0.29) is 11.6 Å². The molecule has 0 saturated heterocycles. The van der Waals surface area contributed by atoms with E-state index >= 15 is 0 Å². The molecular weight excluding hydrogens is 245 g/mol. The maximum atomic E-state index is 12.5. The Balaban J connectivity index is 3.24. The van der Waals surface area contributed by atoms with Gasteiger partial charge in [0.15, 0.2) is 5.60 Å². The van der Waals surface area contributed by atoms with E-state index in [0.717, 1.165) is 6.07 Å². The van der Waals surface area contributed by atoms with Gasteiger partial charge in [0, 0.05) is 10.6 Å². The minimum atomic E-state index is -4.81. The van der Waals surface area contributed by atoms with Crippen molar-refractivity contribution in [2.45, 2.75) is 25.3 Å². The fourth-order valence-corrected chi connectivity index (χ4v) is 1.59. The van der Waals surface area contributed by atoms with Gasteiger partial charge < -0.3 is 10.2 Å². The Bertz CT molecular complexity index is 388. The van der Waals surface area contributed by atoms with Gasteiger partial charge in [0.1, 0.15) is 0 Å². The van der Waals surface area contributed by atoms with E-state index < -0.39 is 17.3 Å². The Labute approximate surface area is 95.3 Å². The van der Waals surface area contributed by atoms with Gasteiger partial charge >= 0.3 is 6.18 Å². The average Bonchev–Trinajstić information content (AvgIpc) is 2.15. The zero-order chi connectivity index (χ0) is 12.6. The van der Waals surface area contributed by atoms with Crippen LogP contribution in [-0.2, 0) is 12.2 Å². The van der Waals surface area contributed by atoms with Crippen LogP contribution >= 0.6 is 11.6 Å². The summed E-state index contributed by atoms with van der Waals surface area (Å²) in [4.78, 5) is 0. The zero-order valence-electron chi connectivity index (χ0n) is 8.35. The first-order valence-electron chi connectivity index (χ1n) is 4.39. The highest BCUT2D eigenvalue weighted by Gasteiger charge is 2.52. The standard InChI is InChI=1S/C10H10ClF3O2/c1-9(16,10(12,13)14)7-3-2-6(5-15)4-8(7)11/h2-4,15-16H,5H2,1H3. The SMILES string of the molecule is CC(O)(c1ccc(CO)cc1Cl)C(F)(F)F. The van der Waals surface area contributed by atoms with Gasteiger partial charge in [-0.1, -0.05) is 23.7 Å². The number of aliphatic hydroxyl groups is 2. The maximum absolute atomic E-state index is 12.5. The van der Waals surface area contributed by atoms with Crippen molar-refractivity contribution in [3.05, 3.63) is 34.3 Å². The van der Waals surface area contributed by atoms with Crippen molar-refractivity contribution < 1.29 is 23.4 Å². The van der Waals surface area contributed by atoms with E-state index in [2.05, 4.69) is 0 Å². The van der Waals surface area contributed by atoms with Crippen molar-refractivity contribution in [2.24, 2.45) is 0 Å². The van der Waals surface area contributed by atoms with Crippen LogP contribution in [0.2, 0.25) is 5.02 Å². The van der Waals surface area contributed by atoms with Gasteiger partial charge in [0.25, 0.3) is 0 Å². The number of rotatable bonds is 2. The maximum Gasteiger partial charge on any atom is 0.421 e. The van der Waals surface area contributed by atoms with E-state index in [1.165, 1.54) is 12.1 Å². The fraction of sp³-hybridized carbons (Fsp3) is 0.400. The second-order valence-corrected chi connectivity index (χ2v) is 3.95. The van der Waals surface area contributed by atoms with Crippen LogP contribution in [-0.4, -0.2) is 16.4 Å². The summed E-state index contributed by atoms with van der Waals surface area (Å²) in [6.07, 6.45) is -4.81. The van der Waals surface area contributed by atoms with Gasteiger partial charge in [-0.25, -0.2) is 0 Å². The number of aliphatic hydroxyl groups excluding tert-OH is 1. The number of hydrogen-bond acceptors (Lipinski definition) is 2. The first-order valence-corrected chi connectivity index (χ1v) is 4.77. The fourth-order valence-electron chi connectivity index (χ4n) is 1.20. The predicted octanol–water partition coefficient (Wildman–Crippen LogP) is 2.60. The monoisotopic (exact) mass is 254 g/mol. The van der Waals surface area contributed by atoms with E-state index in [9.17, 15) is 18.3 Å². The Morgan fingerprint density at radius 1 is 1.31 bits per heavy atom. The average molecular weight is 255 g/mol. The van der Waals surface area contributed by atoms with Crippen molar-refractivity contribution in [1.29, 1.82) is 0 Å². The van der Waals surface area contributed by atoms with Crippen LogP contribution in [0.3, 0.4) is 0 Å². The smallest absolute Gasteiger partial charge is 0.392 e. The highest BCUT2D eigenvalue weighted by Crippen LogP contribution is 2.41. The van der Waals surface area contributed by atoms with E-state index in [4.69, 9.17) is 16.7 Å². The molecule has 1 atom stereocenters. The quantitative estimate of drug-likeness (QED) is 0.852. The number of benzene rings is 1. The molecule has 16 heavy (non-hydrogen) atoms. The molecule has 0 amide bonds. The van der Waals surface area contributed by atoms with Crippen molar-refractivity contribution in [1.82, 2.24) is 0 Å². The molecular formula is C10H10ClF3O2. The number of hydrogen-bond donors (Lipinski definition) is 2. The lowest BCUT2D eigenvalue weighted by molar-refractivity contribution is -0.258. The minimum absolute atomic E-state index is 0.228. The van der Waals surface area contributed by atoms with Crippen molar-refractivity contribution in [3.8, 4) is 0 Å². The largest absolute Gasteiger partial charge is 0.421 e. The summed E-state index contributed by atoms with van der Waals surface area (Å²) in [5, 5.41) is 17.9. The molecule has 0 fully saturated rings. The van der Waals surface area contributed by atoms with E-state index in [1.807, 2.05) is 0 Å². The molecule has 1 rings (SSSR count). The van der Waals surface area contributed by atoms with Gasteiger partial charge in [0.2, 0.25) is 0 Å². The number of halogens is 4. The molecule has 1 unspecified atom stereocenters. The molecule has 1 aromatic rings. The Kier molecular flexibility index (Phi) is 3.52. The van der Waals surface area contributed by atoms with Gasteiger partial charge in [-0.3, -0.25) is 0 Å². The number of alkyl halides is 3. The highest BCUT2D eigenvalue weighted by molar-refractivity contribution is 6.31. The lowest BCUT2D eigenvalue weighted by atomic mass is 9.94. The van der Waals surface area contributed by atoms with Crippen molar-refractivity contribution in [3.63, 3.8) is 0 Å². The molecule has 0 heterocycles. The normalized spacial score (nSPS) is 15.9. The van der Waals surface area contributed by atoms with Gasteiger partial charge in [-0.15, -0.1) is 0 Å². The second-order valence-electron chi connectivity index (χ2n) is 3.54. The van der Waals surface area contributed by atoms with Crippen LogP contribution in [0, 0.1) is 0 Å². The minimum Gasteiger partial charge on any atom is -0.392 e. The highest BCUT2D eigenvalue weighted by atomic mass is 35.5. The van der Waals surface area contributed by atoms with Crippen LogP contribution in [0.1, 0.15) is 18.1 Å². The molecule has 2 N–H and O–H groups in total. The first kappa shape index (κ1) is 13.3. The van der Waals surface area contributed by atoms with Crippen molar-refractivity contribution in [2.75, 3.05) is 0 Å². The van der Waals surface area contributed by atoms with Gasteiger partial charge in [-0.05, 0) is 18.6 Å². The molecule has 0 aliphatic rings. The Morgan fingerprint density at radius 2 is 1.88 bits per heavy atom. The van der Waals surface area contributed by atoms with E-state index in [0.29, 0.717) is 12.5 Å². The third kappa shape index (κ3) is 2.31. The van der Waals surface area contributed by atoms with Crippen LogP contribution in [0.4, 0.5) is 13.2 Å². The molecule has 1 aromatic carbocycles. The van der Waals surface area contributed by atoms with Gasteiger partial charge in [0.05, 0.1) is 6.61 Å². The summed E-state index contributed by atoms with van der Waals surface area (Å²) in [5.41, 5.74) is -3.05. The topological polar surface area (TPSA) is 40.5 Å². The third-order valence-electron chi connectivity index (χ3n) is 2.29. The Hall–Kier alpha value is -0.780. The predicted molar refractivity (Wildman–Crippen MR) is 53.0 cm³/mol. The second kappa shape index (κ2) is 4.24. The van der Waals surface area contributed by atoms with Crippen LogP contribution in [0.15, 0.2) is 18.2 Å². The molecule has 90 valence electrons. The lowest BCUT2D eigenvalue weighted by Crippen LogP contribution is -2.39. The molecule has 0 saturated carbocycles. The van der Waals surface area contributed by atoms with Crippen molar-refractivity contribution >= 4 is 11.6 Å². The molecule has 0 bridgehead atoms. The first-order chi connectivity index (χ1) is 7.20. The summed E-state index contributed by atoms with van der Waals surface area (Å²) < 4.78 is 37.6. The Morgan fingerprint density at radius 3 is 2.25 bits per heavy atom. The lowest BCUT2D eigenvalue weighted by Gasteiger charge is -2.27. The summed E-state index contributed by atoms with van der Waals surface area (Å²) in [6, 6.07) is 3.53. The molecule has 2 nitrogen and oxygen atoms in total. The molecule has 0 spiro atoms. The van der Waals surface area contributed by atoms with Crippen LogP contribution in [0.5, 0.6) is 0 Å². The summed E-state index contributed by atoms with van der Waals surface area (Å²) in [5.74, 6) is 0. The molecule has 0 aliphatic carbocycles. The summed E-state index contributed by atoms with van der Waals surface area (Å²) in [6.45, 7) is 0.307. The molecule has 6 heteroatoms. The third-order valence-corrected chi connectivity index (χ3v) is 2.61. The summed E-state index contributed by atoms with van der Waals surface area (Å²) >= 11 is 5.63. The summed E-state index contributed by atoms with van der Waals surface area (Å²) in [7, 11) is 0. The van der Waals surface area contributed by atoms with Crippen LogP contribution in [0.25, 0.3) is 0 Å². The molecule has 0 aromatic heterocycles. The van der Waals surface area contributed by atoms with E-state index in [1.54, 1.807) is 0 Å². The van der Waals surface area contributed by atoms with Gasteiger partial charge in [-0.2, -0.15) is 13.2 Å². The molecule has 0 radical (unpaired) electrons. The molecule has 0 aliphatic heterocycles. The van der Waals surface area contributed by atoms with Crippen LogP contribution < -0.4 is 0 Å². The zero-order valence-corrected chi connectivity index (χ0v) is 9.10.